The Hall–Kier alpha value is -0.490. The van der Waals surface area contributed by atoms with Crippen LogP contribution in [0.4, 0.5) is 0 Å². The number of hydrogen-bond donors (Lipinski definition) is 0. The predicted molar refractivity (Wildman–Crippen MR) is 45.3 cm³/mol. The van der Waals surface area contributed by atoms with Crippen molar-refractivity contribution in [1.29, 1.82) is 0 Å². The van der Waals surface area contributed by atoms with Crippen molar-refractivity contribution in [3.05, 3.63) is 35.9 Å². The molecule has 0 unspecified atom stereocenters. The number of alkyl halides is 1. The van der Waals surface area contributed by atoms with Crippen LogP contribution in [0.5, 0.6) is 0 Å². The van der Waals surface area contributed by atoms with Gasteiger partial charge in [-0.15, -0.1) is 11.6 Å². The van der Waals surface area contributed by atoms with Crippen LogP contribution in [0.2, 0.25) is 0 Å². The van der Waals surface area contributed by atoms with Gasteiger partial charge in [0.15, 0.2) is 0 Å². The van der Waals surface area contributed by atoms with Crippen LogP contribution in [0.1, 0.15) is 24.3 Å². The number of halogens is 1. The summed E-state index contributed by atoms with van der Waals surface area (Å²) in [6.45, 7) is 2.09. The Kier molecular flexibility index (Phi) is 2.76. The summed E-state index contributed by atoms with van der Waals surface area (Å²) >= 11 is 5.99. The van der Waals surface area contributed by atoms with E-state index in [1.165, 1.54) is 5.56 Å². The third-order valence-electron chi connectivity index (χ3n) is 1.52. The molecule has 0 aliphatic rings. The molecule has 1 atom stereocenters. The van der Waals surface area contributed by atoms with Crippen molar-refractivity contribution in [2.75, 3.05) is 0 Å². The predicted octanol–water partition coefficient (Wildman–Crippen LogP) is 3.38. The van der Waals surface area contributed by atoms with E-state index in [2.05, 4.69) is 19.1 Å². The lowest BCUT2D eigenvalue weighted by Gasteiger charge is -2.04. The molecule has 1 aromatic rings. The van der Waals surface area contributed by atoms with Gasteiger partial charge in [0.25, 0.3) is 0 Å². The van der Waals surface area contributed by atoms with Crippen molar-refractivity contribution in [1.82, 2.24) is 0 Å². The van der Waals surface area contributed by atoms with E-state index in [4.69, 9.17) is 11.6 Å². The molecular weight excluding hydrogens is 144 g/mol. The molecule has 1 rings (SSSR count). The molecule has 0 nitrogen and oxygen atoms in total. The average molecular weight is 155 g/mol. The van der Waals surface area contributed by atoms with E-state index in [1.54, 1.807) is 0 Å². The maximum Gasteiger partial charge on any atom is 0.0582 e. The largest absolute Gasteiger partial charge is 0.118 e. The third kappa shape index (κ3) is 1.74. The maximum atomic E-state index is 5.99. The lowest BCUT2D eigenvalue weighted by atomic mass is 10.1. The molecule has 0 bridgehead atoms. The fourth-order valence-corrected chi connectivity index (χ4v) is 1.04. The molecule has 0 heterocycles. The highest BCUT2D eigenvalue weighted by atomic mass is 35.5. The van der Waals surface area contributed by atoms with E-state index in [0.717, 1.165) is 6.42 Å². The molecule has 10 heavy (non-hydrogen) atoms. The van der Waals surface area contributed by atoms with Gasteiger partial charge in [-0.3, -0.25) is 0 Å². The molecule has 0 fully saturated rings. The Morgan fingerprint density at radius 2 is 1.90 bits per heavy atom. The summed E-state index contributed by atoms with van der Waals surface area (Å²) in [7, 11) is 0. The molecule has 0 saturated heterocycles. The van der Waals surface area contributed by atoms with Crippen molar-refractivity contribution in [3.8, 4) is 0 Å². The minimum Gasteiger partial charge on any atom is -0.118 e. The molecule has 0 amide bonds. The zero-order chi connectivity index (χ0) is 7.40. The van der Waals surface area contributed by atoms with Gasteiger partial charge in [0.2, 0.25) is 0 Å². The molecular formula is C9H11Cl. The Morgan fingerprint density at radius 3 is 2.40 bits per heavy atom. The van der Waals surface area contributed by atoms with Gasteiger partial charge in [0.1, 0.15) is 0 Å². The first-order valence-electron chi connectivity index (χ1n) is 3.53. The summed E-state index contributed by atoms with van der Waals surface area (Å²) in [5.41, 5.74) is 1.21. The highest BCUT2D eigenvalue weighted by molar-refractivity contribution is 6.20. The van der Waals surface area contributed by atoms with Crippen LogP contribution in [0.3, 0.4) is 0 Å². The average Bonchev–Trinajstić information content (AvgIpc) is 2.05. The van der Waals surface area contributed by atoms with Crippen molar-refractivity contribution in [3.63, 3.8) is 0 Å². The minimum atomic E-state index is 0.182. The van der Waals surface area contributed by atoms with E-state index in [-0.39, 0.29) is 5.38 Å². The maximum absolute atomic E-state index is 5.99. The quantitative estimate of drug-likeness (QED) is 0.573. The van der Waals surface area contributed by atoms with Gasteiger partial charge in [-0.1, -0.05) is 37.3 Å². The standard InChI is InChI=1S/C9H11Cl/c1-2-9(10)8-6-4-3-5-7-8/h3-7,9H,2H2,1H3/t9-/m0/s1. The van der Waals surface area contributed by atoms with Crippen LogP contribution in [0, 0.1) is 0 Å². The van der Waals surface area contributed by atoms with Crippen molar-refractivity contribution in [2.45, 2.75) is 18.7 Å². The summed E-state index contributed by atoms with van der Waals surface area (Å²) in [5.74, 6) is 0. The lowest BCUT2D eigenvalue weighted by molar-refractivity contribution is 0.884. The summed E-state index contributed by atoms with van der Waals surface area (Å²) in [6.07, 6.45) is 0.992. The van der Waals surface area contributed by atoms with E-state index >= 15 is 0 Å². The Balaban J connectivity index is 2.75. The molecule has 0 aliphatic carbocycles. The van der Waals surface area contributed by atoms with E-state index in [0.29, 0.717) is 0 Å². The van der Waals surface area contributed by atoms with Gasteiger partial charge in [0, 0.05) is 0 Å². The molecule has 1 aromatic carbocycles. The fourth-order valence-electron chi connectivity index (χ4n) is 0.898. The van der Waals surface area contributed by atoms with Crippen LogP contribution in [0.15, 0.2) is 30.3 Å². The van der Waals surface area contributed by atoms with Crippen LogP contribution in [0.25, 0.3) is 0 Å². The second-order valence-electron chi connectivity index (χ2n) is 2.29. The fraction of sp³-hybridized carbons (Fsp3) is 0.333. The smallest absolute Gasteiger partial charge is 0.0582 e. The second kappa shape index (κ2) is 3.62. The van der Waals surface area contributed by atoms with Gasteiger partial charge in [-0.2, -0.15) is 0 Å². The molecule has 54 valence electrons. The third-order valence-corrected chi connectivity index (χ3v) is 2.08. The summed E-state index contributed by atoms with van der Waals surface area (Å²) in [6, 6.07) is 10.1. The first-order valence-corrected chi connectivity index (χ1v) is 3.97. The zero-order valence-corrected chi connectivity index (χ0v) is 6.81. The Bertz CT molecular complexity index is 181. The molecule has 1 heteroatoms. The monoisotopic (exact) mass is 154 g/mol. The summed E-state index contributed by atoms with van der Waals surface area (Å²) in [5, 5.41) is 0.182. The minimum absolute atomic E-state index is 0.182. The van der Waals surface area contributed by atoms with Crippen molar-refractivity contribution >= 4 is 11.6 Å². The molecule has 0 N–H and O–H groups in total. The topological polar surface area (TPSA) is 0 Å². The Labute approximate surface area is 66.8 Å². The van der Waals surface area contributed by atoms with E-state index in [9.17, 15) is 0 Å². The van der Waals surface area contributed by atoms with Crippen LogP contribution in [-0.2, 0) is 0 Å². The van der Waals surface area contributed by atoms with Gasteiger partial charge in [0.05, 0.1) is 5.38 Å². The highest BCUT2D eigenvalue weighted by Gasteiger charge is 2.01. The molecule has 0 aliphatic heterocycles. The van der Waals surface area contributed by atoms with Crippen molar-refractivity contribution in [2.24, 2.45) is 0 Å². The number of rotatable bonds is 2. The zero-order valence-electron chi connectivity index (χ0n) is 6.05. The van der Waals surface area contributed by atoms with Gasteiger partial charge in [-0.05, 0) is 12.0 Å². The molecule has 0 radical (unpaired) electrons. The van der Waals surface area contributed by atoms with E-state index in [1.807, 2.05) is 18.2 Å². The lowest BCUT2D eigenvalue weighted by Crippen LogP contribution is -1.85. The van der Waals surface area contributed by atoms with Crippen molar-refractivity contribution < 1.29 is 0 Å². The molecule has 0 aromatic heterocycles. The van der Waals surface area contributed by atoms with Gasteiger partial charge >= 0.3 is 0 Å². The summed E-state index contributed by atoms with van der Waals surface area (Å²) in [4.78, 5) is 0. The van der Waals surface area contributed by atoms with Gasteiger partial charge in [-0.25, -0.2) is 0 Å². The van der Waals surface area contributed by atoms with Crippen LogP contribution in [-0.4, -0.2) is 0 Å². The van der Waals surface area contributed by atoms with E-state index < -0.39 is 0 Å². The van der Waals surface area contributed by atoms with Crippen LogP contribution >= 0.6 is 11.6 Å². The molecule has 0 spiro atoms. The number of hydrogen-bond acceptors (Lipinski definition) is 0. The number of benzene rings is 1. The molecule has 0 saturated carbocycles. The highest BCUT2D eigenvalue weighted by Crippen LogP contribution is 2.22. The SMILES string of the molecule is CC[C@H](Cl)c1ccccc1. The summed E-state index contributed by atoms with van der Waals surface area (Å²) < 4.78 is 0. The Morgan fingerprint density at radius 1 is 1.30 bits per heavy atom. The first-order chi connectivity index (χ1) is 4.84. The van der Waals surface area contributed by atoms with Crippen LogP contribution < -0.4 is 0 Å². The second-order valence-corrected chi connectivity index (χ2v) is 2.81. The van der Waals surface area contributed by atoms with Gasteiger partial charge < -0.3 is 0 Å². The first kappa shape index (κ1) is 7.62. The normalized spacial score (nSPS) is 13.0.